The molecule has 0 saturated carbocycles. The average Bonchev–Trinajstić information content (AvgIpc) is 3.30. The van der Waals surface area contributed by atoms with Gasteiger partial charge in [-0.15, -0.1) is 0 Å². The fourth-order valence-electron chi connectivity index (χ4n) is 4.19. The summed E-state index contributed by atoms with van der Waals surface area (Å²) in [5.41, 5.74) is 12.3. The molecule has 2 aromatic carbocycles. The van der Waals surface area contributed by atoms with E-state index in [9.17, 15) is 9.59 Å². The number of hydrogen-bond acceptors (Lipinski definition) is 6. The molecule has 1 aliphatic rings. The summed E-state index contributed by atoms with van der Waals surface area (Å²) in [5.74, 6) is -0.122. The average molecular weight is 459 g/mol. The van der Waals surface area contributed by atoms with Crippen molar-refractivity contribution in [2.24, 2.45) is 0 Å². The zero-order valence-corrected chi connectivity index (χ0v) is 19.5. The van der Waals surface area contributed by atoms with Gasteiger partial charge in [-0.2, -0.15) is 0 Å². The van der Waals surface area contributed by atoms with E-state index in [2.05, 4.69) is 47.7 Å². The van der Waals surface area contributed by atoms with Gasteiger partial charge in [0, 0.05) is 30.4 Å². The second kappa shape index (κ2) is 10.6. The normalized spacial score (nSPS) is 17.5. The SMILES string of the molecule is CCc1cc(CO[C@H]2CNC[C@@H]2NC(=O)c2cc(-c3ccc(C=O)cc3)cnc2N)ccc1C. The summed E-state index contributed by atoms with van der Waals surface area (Å²) in [5, 5.41) is 6.35. The van der Waals surface area contributed by atoms with E-state index in [1.54, 1.807) is 24.4 Å². The van der Waals surface area contributed by atoms with Crippen LogP contribution in [-0.4, -0.2) is 42.4 Å². The van der Waals surface area contributed by atoms with Gasteiger partial charge in [-0.05, 0) is 41.7 Å². The number of amides is 1. The van der Waals surface area contributed by atoms with Crippen LogP contribution in [0.1, 0.15) is 44.3 Å². The quantitative estimate of drug-likeness (QED) is 0.447. The van der Waals surface area contributed by atoms with Crippen LogP contribution in [0.2, 0.25) is 0 Å². The number of aryl methyl sites for hydroxylation is 2. The van der Waals surface area contributed by atoms with Crippen LogP contribution in [0.15, 0.2) is 54.7 Å². The van der Waals surface area contributed by atoms with Gasteiger partial charge < -0.3 is 21.1 Å². The number of ether oxygens (including phenoxy) is 1. The summed E-state index contributed by atoms with van der Waals surface area (Å²) in [6, 6.07) is 15.0. The van der Waals surface area contributed by atoms with Crippen molar-refractivity contribution in [3.8, 4) is 11.1 Å². The lowest BCUT2D eigenvalue weighted by Crippen LogP contribution is -2.44. The third-order valence-corrected chi connectivity index (χ3v) is 6.28. The maximum Gasteiger partial charge on any atom is 0.255 e. The van der Waals surface area contributed by atoms with Crippen LogP contribution in [0.5, 0.6) is 0 Å². The Kier molecular flexibility index (Phi) is 7.35. The Morgan fingerprint density at radius 1 is 1.18 bits per heavy atom. The molecule has 3 aromatic rings. The predicted octanol–water partition coefficient (Wildman–Crippen LogP) is 3.30. The second-order valence-corrected chi connectivity index (χ2v) is 8.60. The number of aromatic nitrogens is 1. The summed E-state index contributed by atoms with van der Waals surface area (Å²) in [6.45, 7) is 6.03. The predicted molar refractivity (Wildman–Crippen MR) is 133 cm³/mol. The fourth-order valence-corrected chi connectivity index (χ4v) is 4.19. The van der Waals surface area contributed by atoms with Crippen LogP contribution in [0, 0.1) is 6.92 Å². The number of aldehydes is 1. The van der Waals surface area contributed by atoms with Crippen molar-refractivity contribution in [2.45, 2.75) is 39.0 Å². The lowest BCUT2D eigenvalue weighted by atomic mass is 10.0. The number of nitrogens with two attached hydrogens (primary N) is 1. The molecule has 0 unspecified atom stereocenters. The first-order chi connectivity index (χ1) is 16.5. The number of anilines is 1. The molecule has 2 atom stereocenters. The first kappa shape index (κ1) is 23.6. The van der Waals surface area contributed by atoms with E-state index in [0.29, 0.717) is 30.8 Å². The molecule has 0 bridgehead atoms. The molecular formula is C27H30N4O3. The number of hydrogen-bond donors (Lipinski definition) is 3. The van der Waals surface area contributed by atoms with E-state index >= 15 is 0 Å². The molecule has 7 nitrogen and oxygen atoms in total. The van der Waals surface area contributed by atoms with Crippen molar-refractivity contribution in [2.75, 3.05) is 18.8 Å². The van der Waals surface area contributed by atoms with Crippen LogP contribution >= 0.6 is 0 Å². The summed E-state index contributed by atoms with van der Waals surface area (Å²) in [6.07, 6.45) is 3.25. The Morgan fingerprint density at radius 3 is 2.71 bits per heavy atom. The third-order valence-electron chi connectivity index (χ3n) is 6.28. The van der Waals surface area contributed by atoms with E-state index in [-0.39, 0.29) is 23.9 Å². The van der Waals surface area contributed by atoms with Gasteiger partial charge in [0.15, 0.2) is 0 Å². The number of pyridine rings is 1. The Hall–Kier alpha value is -3.55. The Bertz CT molecular complexity index is 1180. The Labute approximate surface area is 199 Å². The van der Waals surface area contributed by atoms with Crippen LogP contribution in [0.3, 0.4) is 0 Å². The molecule has 7 heteroatoms. The van der Waals surface area contributed by atoms with Crippen LogP contribution < -0.4 is 16.4 Å². The maximum atomic E-state index is 13.1. The number of carbonyl (C=O) groups excluding carboxylic acids is 2. The minimum Gasteiger partial charge on any atom is -0.383 e. The van der Waals surface area contributed by atoms with E-state index in [1.807, 2.05) is 12.1 Å². The maximum absolute atomic E-state index is 13.1. The molecule has 4 N–H and O–H groups in total. The number of nitrogens with zero attached hydrogens (tertiary/aromatic N) is 1. The largest absolute Gasteiger partial charge is 0.383 e. The molecule has 2 heterocycles. The highest BCUT2D eigenvalue weighted by Crippen LogP contribution is 2.23. The molecule has 1 aromatic heterocycles. The van der Waals surface area contributed by atoms with Gasteiger partial charge in [0.2, 0.25) is 0 Å². The molecule has 1 saturated heterocycles. The smallest absolute Gasteiger partial charge is 0.255 e. The minimum atomic E-state index is -0.290. The summed E-state index contributed by atoms with van der Waals surface area (Å²) >= 11 is 0. The van der Waals surface area contributed by atoms with Crippen molar-refractivity contribution in [1.82, 2.24) is 15.6 Å². The van der Waals surface area contributed by atoms with Gasteiger partial charge in [-0.25, -0.2) is 4.98 Å². The highest BCUT2D eigenvalue weighted by atomic mass is 16.5. The molecule has 4 rings (SSSR count). The third kappa shape index (κ3) is 5.32. The highest BCUT2D eigenvalue weighted by molar-refractivity contribution is 5.99. The van der Waals surface area contributed by atoms with E-state index in [0.717, 1.165) is 29.4 Å². The van der Waals surface area contributed by atoms with Crippen molar-refractivity contribution >= 4 is 18.0 Å². The van der Waals surface area contributed by atoms with Gasteiger partial charge in [-0.3, -0.25) is 9.59 Å². The molecule has 34 heavy (non-hydrogen) atoms. The number of benzene rings is 2. The monoisotopic (exact) mass is 458 g/mol. The Balaban J connectivity index is 1.43. The summed E-state index contributed by atoms with van der Waals surface area (Å²) in [4.78, 5) is 28.2. The van der Waals surface area contributed by atoms with Gasteiger partial charge in [-0.1, -0.05) is 49.4 Å². The molecule has 0 spiro atoms. The number of rotatable bonds is 8. The van der Waals surface area contributed by atoms with Gasteiger partial charge in [0.25, 0.3) is 5.91 Å². The van der Waals surface area contributed by atoms with Crippen molar-refractivity contribution < 1.29 is 14.3 Å². The fraction of sp³-hybridized carbons (Fsp3) is 0.296. The molecule has 1 amide bonds. The second-order valence-electron chi connectivity index (χ2n) is 8.60. The first-order valence-corrected chi connectivity index (χ1v) is 11.5. The molecule has 1 aliphatic heterocycles. The standard InChI is InChI=1S/C27H30N4O3/c1-3-20-10-19(5-4-17(20)2)16-34-25-14-29-13-24(25)31-27(33)23-11-22(12-30-26(23)28)21-8-6-18(15-32)7-9-21/h4-12,15,24-25,29H,3,13-14,16H2,1-2H3,(H2,28,30)(H,31,33)/t24-,25-/m0/s1. The highest BCUT2D eigenvalue weighted by Gasteiger charge is 2.30. The van der Waals surface area contributed by atoms with Crippen molar-refractivity contribution in [3.63, 3.8) is 0 Å². The number of nitrogens with one attached hydrogen (secondary N) is 2. The lowest BCUT2D eigenvalue weighted by molar-refractivity contribution is 0.0357. The van der Waals surface area contributed by atoms with Crippen LogP contribution in [-0.2, 0) is 17.8 Å². The molecule has 1 fully saturated rings. The van der Waals surface area contributed by atoms with E-state index in [4.69, 9.17) is 10.5 Å². The molecular weight excluding hydrogens is 428 g/mol. The topological polar surface area (TPSA) is 106 Å². The zero-order valence-electron chi connectivity index (χ0n) is 19.5. The number of nitrogen functional groups attached to an aromatic ring is 1. The molecule has 0 radical (unpaired) electrons. The summed E-state index contributed by atoms with van der Waals surface area (Å²) < 4.78 is 6.17. The van der Waals surface area contributed by atoms with E-state index in [1.165, 1.54) is 11.1 Å². The van der Waals surface area contributed by atoms with Gasteiger partial charge in [0.05, 0.1) is 24.3 Å². The lowest BCUT2D eigenvalue weighted by Gasteiger charge is -2.21. The van der Waals surface area contributed by atoms with Crippen LogP contribution in [0.4, 0.5) is 5.82 Å². The summed E-state index contributed by atoms with van der Waals surface area (Å²) in [7, 11) is 0. The van der Waals surface area contributed by atoms with Crippen molar-refractivity contribution in [1.29, 1.82) is 0 Å². The minimum absolute atomic E-state index is 0.149. The molecule has 0 aliphatic carbocycles. The van der Waals surface area contributed by atoms with Gasteiger partial charge in [0.1, 0.15) is 12.1 Å². The van der Waals surface area contributed by atoms with Crippen LogP contribution in [0.25, 0.3) is 11.1 Å². The van der Waals surface area contributed by atoms with E-state index < -0.39 is 0 Å². The Morgan fingerprint density at radius 2 is 1.97 bits per heavy atom. The van der Waals surface area contributed by atoms with Crippen molar-refractivity contribution in [3.05, 3.63) is 82.5 Å². The molecule has 176 valence electrons. The number of carbonyl (C=O) groups is 2. The first-order valence-electron chi connectivity index (χ1n) is 11.5. The van der Waals surface area contributed by atoms with Gasteiger partial charge >= 0.3 is 0 Å². The zero-order chi connectivity index (χ0) is 24.1.